The third-order valence-corrected chi connectivity index (χ3v) is 6.98. The Balaban J connectivity index is 2.04. The van der Waals surface area contributed by atoms with Crippen molar-refractivity contribution in [1.29, 1.82) is 0 Å². The van der Waals surface area contributed by atoms with E-state index in [1.54, 1.807) is 31.2 Å². The fraction of sp³-hybridized carbons (Fsp3) is 0.370. The molecule has 3 unspecified atom stereocenters. The lowest BCUT2D eigenvalue weighted by atomic mass is 9.87. The average molecular weight is 640 g/mol. The van der Waals surface area contributed by atoms with E-state index in [1.807, 2.05) is 22.6 Å². The van der Waals surface area contributed by atoms with E-state index in [1.165, 1.54) is 30.2 Å². The molecule has 3 rings (SSSR count). The summed E-state index contributed by atoms with van der Waals surface area (Å²) in [4.78, 5) is 38.6. The largest absolute Gasteiger partial charge is 0.493 e. The SMILES string of the molecule is CCC(=O)N(Cc1ccccc1F)C1CC(C(=O)NCCO)=CC(Oc2c(I)cc(C=O)cc2OC)C1O. The molecule has 0 bridgehead atoms. The highest BCUT2D eigenvalue weighted by Gasteiger charge is 2.41. The Morgan fingerprint density at radius 3 is 2.66 bits per heavy atom. The number of halogens is 2. The van der Waals surface area contributed by atoms with Gasteiger partial charge in [-0.1, -0.05) is 25.1 Å². The zero-order chi connectivity index (χ0) is 27.8. The third kappa shape index (κ3) is 6.88. The van der Waals surface area contributed by atoms with Crippen LogP contribution in [0.4, 0.5) is 4.39 Å². The molecule has 1 aliphatic rings. The lowest BCUT2D eigenvalue weighted by molar-refractivity contribution is -0.139. The lowest BCUT2D eigenvalue weighted by Gasteiger charge is -2.40. The number of benzene rings is 2. The highest BCUT2D eigenvalue weighted by molar-refractivity contribution is 14.1. The van der Waals surface area contributed by atoms with Gasteiger partial charge in [-0.25, -0.2) is 4.39 Å². The maximum atomic E-state index is 14.5. The molecule has 3 atom stereocenters. The van der Waals surface area contributed by atoms with E-state index < -0.39 is 30.0 Å². The molecule has 1 aliphatic carbocycles. The van der Waals surface area contributed by atoms with E-state index in [-0.39, 0.29) is 61.1 Å². The number of nitrogens with zero attached hydrogens (tertiary/aromatic N) is 1. The number of methoxy groups -OCH3 is 1. The van der Waals surface area contributed by atoms with E-state index >= 15 is 0 Å². The van der Waals surface area contributed by atoms with Crippen LogP contribution in [0.3, 0.4) is 0 Å². The number of carbonyl (C=O) groups excluding carboxylic acids is 3. The molecule has 2 aromatic carbocycles. The van der Waals surface area contributed by atoms with Gasteiger partial charge in [-0.05, 0) is 46.9 Å². The van der Waals surface area contributed by atoms with Crippen LogP contribution in [0.15, 0.2) is 48.0 Å². The van der Waals surface area contributed by atoms with Crippen molar-refractivity contribution in [2.45, 2.75) is 44.6 Å². The van der Waals surface area contributed by atoms with Crippen molar-refractivity contribution in [2.24, 2.45) is 0 Å². The Bertz CT molecular complexity index is 1210. The first-order chi connectivity index (χ1) is 18.2. The lowest BCUT2D eigenvalue weighted by Crippen LogP contribution is -2.54. The second-order valence-electron chi connectivity index (χ2n) is 8.63. The summed E-state index contributed by atoms with van der Waals surface area (Å²) in [6.45, 7) is 1.29. The number of amides is 2. The predicted molar refractivity (Wildman–Crippen MR) is 145 cm³/mol. The molecule has 0 aliphatic heterocycles. The van der Waals surface area contributed by atoms with Crippen LogP contribution in [0.5, 0.6) is 11.5 Å². The molecule has 204 valence electrons. The smallest absolute Gasteiger partial charge is 0.247 e. The van der Waals surface area contributed by atoms with Crippen LogP contribution in [-0.2, 0) is 16.1 Å². The molecule has 0 saturated carbocycles. The Hall–Kier alpha value is -3.03. The number of rotatable bonds is 11. The van der Waals surface area contributed by atoms with Crippen LogP contribution in [-0.4, -0.2) is 71.7 Å². The second-order valence-corrected chi connectivity index (χ2v) is 9.80. The first kappa shape index (κ1) is 29.5. The molecule has 3 N–H and O–H groups in total. The Morgan fingerprint density at radius 2 is 2.03 bits per heavy atom. The number of aldehydes is 1. The van der Waals surface area contributed by atoms with E-state index in [4.69, 9.17) is 14.6 Å². The van der Waals surface area contributed by atoms with E-state index in [2.05, 4.69) is 5.32 Å². The third-order valence-electron chi connectivity index (χ3n) is 6.18. The summed E-state index contributed by atoms with van der Waals surface area (Å²) >= 11 is 1.97. The quantitative estimate of drug-likeness (QED) is 0.255. The topological polar surface area (TPSA) is 125 Å². The number of aliphatic hydroxyl groups is 2. The van der Waals surface area contributed by atoms with Crippen molar-refractivity contribution in [3.05, 3.63) is 68.6 Å². The summed E-state index contributed by atoms with van der Waals surface area (Å²) in [5.41, 5.74) is 0.866. The molecule has 0 fully saturated rings. The minimum atomic E-state index is -1.29. The number of nitrogens with one attached hydrogen (secondary N) is 1. The molecule has 2 aromatic rings. The highest BCUT2D eigenvalue weighted by atomic mass is 127. The second kappa shape index (κ2) is 13.7. The van der Waals surface area contributed by atoms with Gasteiger partial charge in [0.15, 0.2) is 11.5 Å². The van der Waals surface area contributed by atoms with Gasteiger partial charge in [0.05, 0.1) is 23.3 Å². The first-order valence-corrected chi connectivity index (χ1v) is 13.1. The van der Waals surface area contributed by atoms with Gasteiger partial charge in [-0.3, -0.25) is 14.4 Å². The van der Waals surface area contributed by atoms with Gasteiger partial charge in [-0.15, -0.1) is 0 Å². The standard InChI is InChI=1S/C27H30FIN2O7/c1-3-24(34)31(14-17-6-4-5-7-19(17)28)21-12-18(27(36)30-8-9-32)13-22(25(21)35)38-26-20(29)10-16(15-33)11-23(26)37-2/h4-7,10-11,13,15,21-22,25,32,35H,3,8-9,12,14H2,1-2H3,(H,30,36). The Kier molecular flexibility index (Phi) is 10.6. The molecule has 0 spiro atoms. The maximum Gasteiger partial charge on any atom is 0.247 e. The van der Waals surface area contributed by atoms with Crippen molar-refractivity contribution < 1.29 is 38.5 Å². The van der Waals surface area contributed by atoms with Gasteiger partial charge in [0.2, 0.25) is 11.8 Å². The monoisotopic (exact) mass is 640 g/mol. The van der Waals surface area contributed by atoms with Crippen molar-refractivity contribution in [3.63, 3.8) is 0 Å². The summed E-state index contributed by atoms with van der Waals surface area (Å²) in [5.74, 6) is -0.823. The summed E-state index contributed by atoms with van der Waals surface area (Å²) < 4.78 is 26.6. The number of aliphatic hydroxyl groups excluding tert-OH is 2. The predicted octanol–water partition coefficient (Wildman–Crippen LogP) is 2.61. The van der Waals surface area contributed by atoms with Crippen molar-refractivity contribution >= 4 is 40.7 Å². The van der Waals surface area contributed by atoms with Crippen LogP contribution in [0.1, 0.15) is 35.7 Å². The van der Waals surface area contributed by atoms with Crippen LogP contribution in [0, 0.1) is 9.39 Å². The summed E-state index contributed by atoms with van der Waals surface area (Å²) in [7, 11) is 1.41. The normalized spacial score (nSPS) is 18.8. The van der Waals surface area contributed by atoms with Crippen LogP contribution in [0.25, 0.3) is 0 Å². The number of ether oxygens (including phenoxy) is 2. The van der Waals surface area contributed by atoms with E-state index in [0.29, 0.717) is 15.4 Å². The molecule has 9 nitrogen and oxygen atoms in total. The molecule has 0 saturated heterocycles. The van der Waals surface area contributed by atoms with Gasteiger partial charge in [0.1, 0.15) is 24.3 Å². The number of carbonyl (C=O) groups is 3. The molecule has 0 radical (unpaired) electrons. The van der Waals surface area contributed by atoms with Gasteiger partial charge < -0.3 is 29.9 Å². The molecule has 0 heterocycles. The first-order valence-electron chi connectivity index (χ1n) is 12.0. The fourth-order valence-corrected chi connectivity index (χ4v) is 4.99. The van der Waals surface area contributed by atoms with Gasteiger partial charge in [0, 0.05) is 42.6 Å². The van der Waals surface area contributed by atoms with Gasteiger partial charge in [-0.2, -0.15) is 0 Å². The highest BCUT2D eigenvalue weighted by Crippen LogP contribution is 2.37. The molecule has 0 aromatic heterocycles. The summed E-state index contributed by atoms with van der Waals surface area (Å²) in [6, 6.07) is 8.19. The van der Waals surface area contributed by atoms with Crippen molar-refractivity contribution in [1.82, 2.24) is 10.2 Å². The molecular formula is C27H30FIN2O7. The Morgan fingerprint density at radius 1 is 1.29 bits per heavy atom. The summed E-state index contributed by atoms with van der Waals surface area (Å²) in [5, 5.41) is 23.2. The average Bonchev–Trinajstić information content (AvgIpc) is 2.92. The zero-order valence-corrected chi connectivity index (χ0v) is 23.2. The van der Waals surface area contributed by atoms with Gasteiger partial charge >= 0.3 is 0 Å². The van der Waals surface area contributed by atoms with Crippen molar-refractivity contribution in [3.8, 4) is 11.5 Å². The van der Waals surface area contributed by atoms with Crippen LogP contribution < -0.4 is 14.8 Å². The zero-order valence-electron chi connectivity index (χ0n) is 21.0. The molecule has 2 amide bonds. The maximum absolute atomic E-state index is 14.5. The minimum Gasteiger partial charge on any atom is -0.493 e. The number of hydrogen-bond donors (Lipinski definition) is 3. The van der Waals surface area contributed by atoms with Gasteiger partial charge in [0.25, 0.3) is 0 Å². The molecular weight excluding hydrogens is 610 g/mol. The van der Waals surface area contributed by atoms with Crippen LogP contribution in [0.2, 0.25) is 0 Å². The Labute approximate surface area is 233 Å². The molecule has 11 heteroatoms. The summed E-state index contributed by atoms with van der Waals surface area (Å²) in [6.07, 6.45) is -0.178. The molecule has 38 heavy (non-hydrogen) atoms. The fourth-order valence-electron chi connectivity index (χ4n) is 4.24. The van der Waals surface area contributed by atoms with E-state index in [0.717, 1.165) is 0 Å². The minimum absolute atomic E-state index is 0.0145. The number of hydrogen-bond acceptors (Lipinski definition) is 7. The van der Waals surface area contributed by atoms with E-state index in [9.17, 15) is 23.9 Å². The van der Waals surface area contributed by atoms with Crippen molar-refractivity contribution in [2.75, 3.05) is 20.3 Å². The van der Waals surface area contributed by atoms with Crippen LogP contribution >= 0.6 is 22.6 Å².